The Balaban J connectivity index is 1.50. The molecule has 0 spiro atoms. The van der Waals surface area contributed by atoms with Gasteiger partial charge in [0, 0.05) is 24.7 Å². The van der Waals surface area contributed by atoms with Gasteiger partial charge in [-0.1, -0.05) is 6.42 Å². The van der Waals surface area contributed by atoms with Crippen LogP contribution in [0.2, 0.25) is 0 Å². The molecule has 0 aliphatic carbocycles. The van der Waals surface area contributed by atoms with Gasteiger partial charge in [-0.2, -0.15) is 0 Å². The zero-order chi connectivity index (χ0) is 13.2. The van der Waals surface area contributed by atoms with E-state index in [0.717, 1.165) is 18.0 Å². The Hall–Kier alpha value is -0.120. The van der Waals surface area contributed by atoms with E-state index < -0.39 is 0 Å². The largest absolute Gasteiger partial charge is 0.310 e. The van der Waals surface area contributed by atoms with Crippen LogP contribution in [0.4, 0.5) is 0 Å². The average Bonchev–Trinajstić information content (AvgIpc) is 2.83. The smallest absolute Gasteiger partial charge is 0.0249 e. The van der Waals surface area contributed by atoms with Gasteiger partial charge in [0.2, 0.25) is 0 Å². The standard InChI is InChI=1S/C16H31N3/c1-13(14-6-10-18(2)11-7-14)17-15-8-12-19-9-4-3-5-16(15)19/h13-17H,3-12H2,1-2H3. The van der Waals surface area contributed by atoms with Crippen LogP contribution in [0.1, 0.15) is 45.4 Å². The summed E-state index contributed by atoms with van der Waals surface area (Å²) >= 11 is 0. The maximum absolute atomic E-state index is 4.00. The van der Waals surface area contributed by atoms with Crippen LogP contribution in [0.15, 0.2) is 0 Å². The van der Waals surface area contributed by atoms with Gasteiger partial charge in [-0.15, -0.1) is 0 Å². The number of nitrogens with zero attached hydrogens (tertiary/aromatic N) is 2. The van der Waals surface area contributed by atoms with Crippen LogP contribution in [0.3, 0.4) is 0 Å². The zero-order valence-electron chi connectivity index (χ0n) is 12.8. The first-order valence-corrected chi connectivity index (χ1v) is 8.42. The number of hydrogen-bond donors (Lipinski definition) is 1. The van der Waals surface area contributed by atoms with Crippen LogP contribution >= 0.6 is 0 Å². The van der Waals surface area contributed by atoms with Gasteiger partial charge in [0.15, 0.2) is 0 Å². The lowest BCUT2D eigenvalue weighted by Crippen LogP contribution is -2.50. The van der Waals surface area contributed by atoms with Crippen molar-refractivity contribution in [3.05, 3.63) is 0 Å². The van der Waals surface area contributed by atoms with Crippen molar-refractivity contribution < 1.29 is 0 Å². The Kier molecular flexibility index (Phi) is 4.45. The summed E-state index contributed by atoms with van der Waals surface area (Å²) in [6.07, 6.45) is 8.44. The van der Waals surface area contributed by atoms with Crippen molar-refractivity contribution in [3.8, 4) is 0 Å². The van der Waals surface area contributed by atoms with E-state index in [1.807, 2.05) is 0 Å². The van der Waals surface area contributed by atoms with E-state index in [4.69, 9.17) is 0 Å². The summed E-state index contributed by atoms with van der Waals surface area (Å²) < 4.78 is 0. The zero-order valence-corrected chi connectivity index (χ0v) is 12.8. The second-order valence-electron chi connectivity index (χ2n) is 7.09. The fourth-order valence-corrected chi connectivity index (χ4v) is 4.44. The average molecular weight is 265 g/mol. The Morgan fingerprint density at radius 1 is 0.947 bits per heavy atom. The number of hydrogen-bond acceptors (Lipinski definition) is 3. The van der Waals surface area contributed by atoms with E-state index in [9.17, 15) is 0 Å². The Morgan fingerprint density at radius 2 is 1.74 bits per heavy atom. The third-order valence-electron chi connectivity index (χ3n) is 5.80. The van der Waals surface area contributed by atoms with Crippen LogP contribution in [0, 0.1) is 5.92 Å². The Labute approximate surface area is 118 Å². The van der Waals surface area contributed by atoms with Gasteiger partial charge in [-0.3, -0.25) is 4.90 Å². The molecule has 0 aromatic rings. The molecule has 3 unspecified atom stereocenters. The Bertz CT molecular complexity index is 286. The first kappa shape index (κ1) is 13.8. The molecular weight excluding hydrogens is 234 g/mol. The first-order valence-electron chi connectivity index (χ1n) is 8.42. The van der Waals surface area contributed by atoms with E-state index >= 15 is 0 Å². The number of fused-ring (bicyclic) bond motifs is 1. The SMILES string of the molecule is CC(NC1CCN2CCCCC12)C1CCN(C)CC1. The van der Waals surface area contributed by atoms with Gasteiger partial charge in [-0.05, 0) is 71.6 Å². The second kappa shape index (κ2) is 6.11. The van der Waals surface area contributed by atoms with Crippen LogP contribution < -0.4 is 5.32 Å². The maximum atomic E-state index is 4.00. The van der Waals surface area contributed by atoms with E-state index in [1.165, 1.54) is 64.7 Å². The predicted octanol–water partition coefficient (Wildman–Crippen LogP) is 1.93. The number of rotatable bonds is 3. The molecule has 3 heterocycles. The number of likely N-dealkylation sites (tertiary alicyclic amines) is 1. The molecule has 1 N–H and O–H groups in total. The molecule has 3 aliphatic heterocycles. The van der Waals surface area contributed by atoms with Crippen molar-refractivity contribution in [1.82, 2.24) is 15.1 Å². The van der Waals surface area contributed by atoms with Crippen molar-refractivity contribution in [2.45, 2.75) is 63.6 Å². The van der Waals surface area contributed by atoms with E-state index in [0.29, 0.717) is 6.04 Å². The Morgan fingerprint density at radius 3 is 2.53 bits per heavy atom. The van der Waals surface area contributed by atoms with Gasteiger partial charge in [-0.25, -0.2) is 0 Å². The summed E-state index contributed by atoms with van der Waals surface area (Å²) in [5.74, 6) is 0.897. The normalized spacial score (nSPS) is 36.3. The van der Waals surface area contributed by atoms with E-state index in [2.05, 4.69) is 29.1 Å². The van der Waals surface area contributed by atoms with E-state index in [-0.39, 0.29) is 0 Å². The molecule has 0 radical (unpaired) electrons. The molecule has 19 heavy (non-hydrogen) atoms. The maximum Gasteiger partial charge on any atom is 0.0249 e. The van der Waals surface area contributed by atoms with Gasteiger partial charge in [0.05, 0.1) is 0 Å². The lowest BCUT2D eigenvalue weighted by molar-refractivity contribution is 0.155. The first-order chi connectivity index (χ1) is 9.24. The lowest BCUT2D eigenvalue weighted by atomic mass is 9.89. The van der Waals surface area contributed by atoms with E-state index in [1.54, 1.807) is 0 Å². The highest BCUT2D eigenvalue weighted by Crippen LogP contribution is 2.29. The minimum Gasteiger partial charge on any atom is -0.310 e. The van der Waals surface area contributed by atoms with Crippen LogP contribution in [-0.4, -0.2) is 61.2 Å². The molecule has 0 amide bonds. The minimum absolute atomic E-state index is 0.709. The highest BCUT2D eigenvalue weighted by atomic mass is 15.2. The third-order valence-corrected chi connectivity index (χ3v) is 5.80. The number of nitrogens with one attached hydrogen (secondary N) is 1. The molecule has 3 nitrogen and oxygen atoms in total. The molecule has 0 aromatic carbocycles. The van der Waals surface area contributed by atoms with Crippen LogP contribution in [-0.2, 0) is 0 Å². The molecule has 110 valence electrons. The molecule has 3 rings (SSSR count). The van der Waals surface area contributed by atoms with Crippen LogP contribution in [0.5, 0.6) is 0 Å². The molecule has 3 saturated heterocycles. The molecule has 0 saturated carbocycles. The fraction of sp³-hybridized carbons (Fsp3) is 1.00. The molecule has 3 heteroatoms. The van der Waals surface area contributed by atoms with Crippen molar-refractivity contribution in [2.75, 3.05) is 33.2 Å². The predicted molar refractivity (Wildman–Crippen MR) is 80.4 cm³/mol. The molecule has 3 fully saturated rings. The van der Waals surface area contributed by atoms with Gasteiger partial charge < -0.3 is 10.2 Å². The van der Waals surface area contributed by atoms with Crippen molar-refractivity contribution in [3.63, 3.8) is 0 Å². The molecule has 0 bridgehead atoms. The van der Waals surface area contributed by atoms with Crippen LogP contribution in [0.25, 0.3) is 0 Å². The summed E-state index contributed by atoms with van der Waals surface area (Å²) in [7, 11) is 2.26. The van der Waals surface area contributed by atoms with Gasteiger partial charge in [0.25, 0.3) is 0 Å². The molecular formula is C16H31N3. The molecule has 0 aromatic heterocycles. The van der Waals surface area contributed by atoms with Crippen molar-refractivity contribution in [1.29, 1.82) is 0 Å². The minimum atomic E-state index is 0.709. The summed E-state index contributed by atoms with van der Waals surface area (Å²) in [4.78, 5) is 5.21. The quantitative estimate of drug-likeness (QED) is 0.841. The summed E-state index contributed by atoms with van der Waals surface area (Å²) in [5, 5.41) is 4.00. The van der Waals surface area contributed by atoms with Crippen molar-refractivity contribution >= 4 is 0 Å². The monoisotopic (exact) mass is 265 g/mol. The molecule has 3 atom stereocenters. The van der Waals surface area contributed by atoms with Crippen molar-refractivity contribution in [2.24, 2.45) is 5.92 Å². The summed E-state index contributed by atoms with van der Waals surface area (Å²) in [6.45, 7) is 7.70. The van der Waals surface area contributed by atoms with Gasteiger partial charge in [0.1, 0.15) is 0 Å². The summed E-state index contributed by atoms with van der Waals surface area (Å²) in [5.41, 5.74) is 0. The number of piperidine rings is 2. The molecule has 3 aliphatic rings. The summed E-state index contributed by atoms with van der Waals surface area (Å²) in [6, 6.07) is 2.33. The highest BCUT2D eigenvalue weighted by molar-refractivity contribution is 4.95. The van der Waals surface area contributed by atoms with Gasteiger partial charge >= 0.3 is 0 Å². The fourth-order valence-electron chi connectivity index (χ4n) is 4.44. The lowest BCUT2D eigenvalue weighted by Gasteiger charge is -2.37. The topological polar surface area (TPSA) is 18.5 Å². The third kappa shape index (κ3) is 3.14. The highest BCUT2D eigenvalue weighted by Gasteiger charge is 2.36. The second-order valence-corrected chi connectivity index (χ2v) is 7.09.